The Morgan fingerprint density at radius 2 is 1.74 bits per heavy atom. The quantitative estimate of drug-likeness (QED) is 0.573. The number of rotatable bonds is 6. The molecule has 7 heteroatoms. The van der Waals surface area contributed by atoms with E-state index < -0.39 is 0 Å². The van der Waals surface area contributed by atoms with Crippen molar-refractivity contribution < 1.29 is 14.3 Å². The first-order valence-electron chi connectivity index (χ1n) is 11.9. The number of aromatic nitrogens is 1. The summed E-state index contributed by atoms with van der Waals surface area (Å²) in [7, 11) is 1.61. The van der Waals surface area contributed by atoms with E-state index >= 15 is 0 Å². The average molecular weight is 460 g/mol. The zero-order valence-electron chi connectivity index (χ0n) is 19.3. The molecule has 1 aromatic heterocycles. The number of H-pyrrole nitrogens is 1. The molecule has 2 fully saturated rings. The summed E-state index contributed by atoms with van der Waals surface area (Å²) in [5.74, 6) is 1.04. The second kappa shape index (κ2) is 9.43. The van der Waals surface area contributed by atoms with E-state index in [9.17, 15) is 14.4 Å². The van der Waals surface area contributed by atoms with Gasteiger partial charge in [0.25, 0.3) is 0 Å². The highest BCUT2D eigenvalue weighted by Crippen LogP contribution is 2.28. The maximum Gasteiger partial charge on any atom is 0.240 e. The third-order valence-corrected chi connectivity index (χ3v) is 7.13. The Morgan fingerprint density at radius 1 is 1.00 bits per heavy atom. The highest BCUT2D eigenvalue weighted by atomic mass is 16.5. The monoisotopic (exact) mass is 459 g/mol. The van der Waals surface area contributed by atoms with Crippen LogP contribution in [0.25, 0.3) is 10.9 Å². The van der Waals surface area contributed by atoms with Crippen molar-refractivity contribution in [3.05, 3.63) is 76.1 Å². The van der Waals surface area contributed by atoms with Crippen molar-refractivity contribution in [3.8, 4) is 5.75 Å². The van der Waals surface area contributed by atoms with E-state index in [2.05, 4.69) is 9.88 Å². The van der Waals surface area contributed by atoms with Gasteiger partial charge >= 0.3 is 0 Å². The Bertz CT molecular complexity index is 1260. The average Bonchev–Trinajstić information content (AvgIpc) is 3.39. The van der Waals surface area contributed by atoms with Gasteiger partial charge in [0.1, 0.15) is 5.75 Å². The minimum absolute atomic E-state index is 0.00813. The summed E-state index contributed by atoms with van der Waals surface area (Å²) in [6.07, 6.45) is 2.32. The first-order chi connectivity index (χ1) is 16.5. The van der Waals surface area contributed by atoms with Gasteiger partial charge in [-0.25, -0.2) is 0 Å². The Kier molecular flexibility index (Phi) is 6.20. The fourth-order valence-electron chi connectivity index (χ4n) is 5.22. The van der Waals surface area contributed by atoms with Crippen molar-refractivity contribution in [1.29, 1.82) is 0 Å². The number of nitrogens with zero attached hydrogens (tertiary/aromatic N) is 2. The number of ketones is 1. The van der Waals surface area contributed by atoms with Crippen molar-refractivity contribution in [2.75, 3.05) is 26.7 Å². The molecule has 1 atom stereocenters. The van der Waals surface area contributed by atoms with Gasteiger partial charge in [-0.15, -0.1) is 0 Å². The zero-order valence-corrected chi connectivity index (χ0v) is 19.3. The number of amides is 1. The summed E-state index contributed by atoms with van der Waals surface area (Å²) < 4.78 is 5.18. The largest absolute Gasteiger partial charge is 0.497 e. The van der Waals surface area contributed by atoms with Crippen LogP contribution >= 0.6 is 0 Å². The summed E-state index contributed by atoms with van der Waals surface area (Å²) in [4.78, 5) is 45.6. The SMILES string of the molecule is COc1ccc(C(=O)C2CCN([C@@H]3CCN(Cc4cc5ccccc(=O)c5[nH]4)C3=O)CC2)cc1. The molecular weight excluding hydrogens is 430 g/mol. The van der Waals surface area contributed by atoms with Crippen LogP contribution in [0.2, 0.25) is 0 Å². The number of hydrogen-bond acceptors (Lipinski definition) is 5. The molecule has 2 aliphatic rings. The van der Waals surface area contributed by atoms with E-state index in [1.165, 1.54) is 0 Å². The summed E-state index contributed by atoms with van der Waals surface area (Å²) in [6.45, 7) is 2.67. The van der Waals surface area contributed by atoms with Crippen LogP contribution in [-0.4, -0.2) is 59.3 Å². The van der Waals surface area contributed by atoms with Gasteiger partial charge in [0, 0.05) is 29.1 Å². The molecule has 0 saturated carbocycles. The van der Waals surface area contributed by atoms with Crippen LogP contribution in [0.3, 0.4) is 0 Å². The molecule has 2 saturated heterocycles. The normalized spacial score (nSPS) is 19.6. The third-order valence-electron chi connectivity index (χ3n) is 7.13. The van der Waals surface area contributed by atoms with E-state index in [-0.39, 0.29) is 29.1 Å². The molecule has 0 bridgehead atoms. The van der Waals surface area contributed by atoms with Gasteiger partial charge in [-0.05, 0) is 68.8 Å². The lowest BCUT2D eigenvalue weighted by Crippen LogP contribution is -2.46. The van der Waals surface area contributed by atoms with Crippen molar-refractivity contribution in [3.63, 3.8) is 0 Å². The number of carbonyl (C=O) groups excluding carboxylic acids is 2. The Labute approximate surface area is 198 Å². The summed E-state index contributed by atoms with van der Waals surface area (Å²) in [5.41, 5.74) is 2.11. The molecule has 0 aliphatic carbocycles. The number of piperidine rings is 1. The highest BCUT2D eigenvalue weighted by Gasteiger charge is 2.38. The van der Waals surface area contributed by atoms with Gasteiger partial charge in [0.15, 0.2) is 5.78 Å². The number of nitrogens with one attached hydrogen (secondary N) is 1. The fraction of sp³-hybridized carbons (Fsp3) is 0.370. The highest BCUT2D eigenvalue weighted by molar-refractivity contribution is 5.98. The first kappa shape index (κ1) is 22.3. The molecular formula is C27H29N3O4. The number of hydrogen-bond donors (Lipinski definition) is 1. The summed E-state index contributed by atoms with van der Waals surface area (Å²) in [6, 6.07) is 16.1. The van der Waals surface area contributed by atoms with E-state index in [1.807, 2.05) is 47.4 Å². The number of methoxy groups -OCH3 is 1. The number of benzene rings is 1. The second-order valence-electron chi connectivity index (χ2n) is 9.17. The molecule has 3 aromatic rings. The van der Waals surface area contributed by atoms with Crippen LogP contribution < -0.4 is 10.2 Å². The molecule has 0 unspecified atom stereocenters. The molecule has 2 aliphatic heterocycles. The Balaban J connectivity index is 1.19. The van der Waals surface area contributed by atoms with E-state index in [1.54, 1.807) is 19.2 Å². The number of carbonyl (C=O) groups is 2. The molecule has 7 nitrogen and oxygen atoms in total. The maximum atomic E-state index is 13.2. The topological polar surface area (TPSA) is 82.7 Å². The van der Waals surface area contributed by atoms with Crippen LogP contribution in [0.5, 0.6) is 5.75 Å². The van der Waals surface area contributed by atoms with Gasteiger partial charge in [0.05, 0.1) is 25.2 Å². The fourth-order valence-corrected chi connectivity index (χ4v) is 5.22. The molecule has 1 N–H and O–H groups in total. The van der Waals surface area contributed by atoms with E-state index in [0.29, 0.717) is 18.6 Å². The van der Waals surface area contributed by atoms with Gasteiger partial charge in [-0.2, -0.15) is 0 Å². The van der Waals surface area contributed by atoms with Crippen LogP contribution in [0.4, 0.5) is 0 Å². The second-order valence-corrected chi connectivity index (χ2v) is 9.17. The maximum absolute atomic E-state index is 13.2. The van der Waals surface area contributed by atoms with E-state index in [0.717, 1.165) is 54.7 Å². The van der Waals surface area contributed by atoms with Crippen molar-refractivity contribution in [2.45, 2.75) is 31.8 Å². The minimum atomic E-state index is -0.130. The molecule has 1 amide bonds. The van der Waals surface area contributed by atoms with Gasteiger partial charge in [0.2, 0.25) is 11.3 Å². The van der Waals surface area contributed by atoms with Gasteiger partial charge < -0.3 is 14.6 Å². The van der Waals surface area contributed by atoms with Crippen LogP contribution in [0.1, 0.15) is 35.3 Å². The Hall–Kier alpha value is -3.45. The van der Waals surface area contributed by atoms with E-state index in [4.69, 9.17) is 4.74 Å². The summed E-state index contributed by atoms with van der Waals surface area (Å²) in [5, 5.41) is 0.858. The molecule has 3 heterocycles. The van der Waals surface area contributed by atoms with Crippen LogP contribution in [0.15, 0.2) is 59.4 Å². The smallest absolute Gasteiger partial charge is 0.240 e. The molecule has 176 valence electrons. The molecule has 2 aromatic carbocycles. The minimum Gasteiger partial charge on any atom is -0.497 e. The van der Waals surface area contributed by atoms with Crippen molar-refractivity contribution in [1.82, 2.24) is 14.8 Å². The first-order valence-corrected chi connectivity index (χ1v) is 11.9. The zero-order chi connectivity index (χ0) is 23.7. The Morgan fingerprint density at radius 3 is 2.47 bits per heavy atom. The number of Topliss-reactive ketones (excluding diaryl/α,β-unsaturated/α-hetero) is 1. The van der Waals surface area contributed by atoms with Crippen molar-refractivity contribution in [2.24, 2.45) is 5.92 Å². The third kappa shape index (κ3) is 4.35. The number of likely N-dealkylation sites (tertiary alicyclic amines) is 2. The van der Waals surface area contributed by atoms with Crippen molar-refractivity contribution >= 4 is 22.6 Å². The lowest BCUT2D eigenvalue weighted by molar-refractivity contribution is -0.133. The predicted molar refractivity (Wildman–Crippen MR) is 130 cm³/mol. The van der Waals surface area contributed by atoms with Crippen LogP contribution in [0, 0.1) is 5.92 Å². The molecule has 34 heavy (non-hydrogen) atoms. The number of aromatic amines is 1. The predicted octanol–water partition coefficient (Wildman–Crippen LogP) is 3.23. The number of ether oxygens (including phenoxy) is 1. The number of fused-ring (bicyclic) bond motifs is 1. The molecule has 0 radical (unpaired) electrons. The standard InChI is InChI=1S/C27H29N3O4/c1-34-22-8-6-18(7-9-22)26(32)19-10-13-29(14-11-19)23-12-15-30(27(23)33)17-21-16-20-4-2-3-5-24(31)25(20)28-21/h2-9,16,19,23,28H,10-15,17H2,1H3/t23-/m1/s1. The lowest BCUT2D eigenvalue weighted by atomic mass is 9.88. The molecule has 0 spiro atoms. The van der Waals surface area contributed by atoms with Gasteiger partial charge in [-0.3, -0.25) is 19.3 Å². The molecule has 5 rings (SSSR count). The summed E-state index contributed by atoms with van der Waals surface area (Å²) >= 11 is 0. The van der Waals surface area contributed by atoms with Crippen LogP contribution in [-0.2, 0) is 11.3 Å². The lowest BCUT2D eigenvalue weighted by Gasteiger charge is -2.34. The van der Waals surface area contributed by atoms with Gasteiger partial charge in [-0.1, -0.05) is 18.2 Å².